The number of carbonyl (C=O) groups excluding carboxylic acids is 1. The molecule has 0 aromatic rings. The maximum Gasteiger partial charge on any atom is 0.332 e. The van der Waals surface area contributed by atoms with Crippen molar-refractivity contribution >= 4 is 5.97 Å². The van der Waals surface area contributed by atoms with Crippen LogP contribution in [0.5, 0.6) is 0 Å². The number of nitrogens with two attached hydrogens (primary N) is 1. The average Bonchev–Trinajstić information content (AvgIpc) is 2.04. The molecule has 1 aliphatic rings. The molecule has 0 amide bonds. The molecule has 0 saturated heterocycles. The molecule has 3 heteroatoms. The van der Waals surface area contributed by atoms with Crippen LogP contribution >= 0.6 is 0 Å². The standard InChI is InChI=1S/C10H17NO2/c1-8(11)7-10(12)13-9-5-3-2-4-6-9/h7,9H,2-6,11H2,1H3. The average molecular weight is 183 g/mol. The van der Waals surface area contributed by atoms with Crippen LogP contribution in [-0.2, 0) is 9.53 Å². The highest BCUT2D eigenvalue weighted by Gasteiger charge is 2.16. The second-order valence-electron chi connectivity index (χ2n) is 3.59. The monoisotopic (exact) mass is 183 g/mol. The lowest BCUT2D eigenvalue weighted by Crippen LogP contribution is -2.20. The third-order valence-electron chi connectivity index (χ3n) is 2.18. The van der Waals surface area contributed by atoms with Crippen LogP contribution in [0.2, 0.25) is 0 Å². The molecule has 0 radical (unpaired) electrons. The Kier molecular flexibility index (Phi) is 3.80. The summed E-state index contributed by atoms with van der Waals surface area (Å²) in [6, 6.07) is 0. The molecule has 1 rings (SSSR count). The van der Waals surface area contributed by atoms with Crippen molar-refractivity contribution in [3.8, 4) is 0 Å². The third-order valence-corrected chi connectivity index (χ3v) is 2.18. The molecular weight excluding hydrogens is 166 g/mol. The van der Waals surface area contributed by atoms with E-state index in [1.165, 1.54) is 25.3 Å². The summed E-state index contributed by atoms with van der Waals surface area (Å²) in [5, 5.41) is 0. The molecule has 0 aromatic carbocycles. The molecule has 1 saturated carbocycles. The van der Waals surface area contributed by atoms with E-state index in [-0.39, 0.29) is 12.1 Å². The zero-order chi connectivity index (χ0) is 9.68. The maximum absolute atomic E-state index is 11.1. The summed E-state index contributed by atoms with van der Waals surface area (Å²) in [6.07, 6.45) is 7.07. The fourth-order valence-electron chi connectivity index (χ4n) is 1.57. The zero-order valence-corrected chi connectivity index (χ0v) is 8.08. The Bertz CT molecular complexity index is 201. The summed E-state index contributed by atoms with van der Waals surface area (Å²) in [6.45, 7) is 1.68. The van der Waals surface area contributed by atoms with Crippen molar-refractivity contribution in [3.05, 3.63) is 11.8 Å². The highest BCUT2D eigenvalue weighted by Crippen LogP contribution is 2.20. The van der Waals surface area contributed by atoms with E-state index in [9.17, 15) is 4.79 Å². The van der Waals surface area contributed by atoms with Crippen LogP contribution in [0.4, 0.5) is 0 Å². The van der Waals surface area contributed by atoms with Crippen molar-refractivity contribution in [1.82, 2.24) is 0 Å². The van der Waals surface area contributed by atoms with E-state index in [0.717, 1.165) is 12.8 Å². The predicted molar refractivity (Wildman–Crippen MR) is 50.9 cm³/mol. The first kappa shape index (κ1) is 10.1. The van der Waals surface area contributed by atoms with Crippen molar-refractivity contribution in [2.24, 2.45) is 5.73 Å². The smallest absolute Gasteiger partial charge is 0.332 e. The highest BCUT2D eigenvalue weighted by molar-refractivity contribution is 5.82. The normalized spacial score (nSPS) is 19.9. The van der Waals surface area contributed by atoms with Crippen LogP contribution in [0, 0.1) is 0 Å². The van der Waals surface area contributed by atoms with Gasteiger partial charge in [0.25, 0.3) is 0 Å². The Balaban J connectivity index is 2.30. The Morgan fingerprint density at radius 2 is 2.00 bits per heavy atom. The number of hydrogen-bond donors (Lipinski definition) is 1. The van der Waals surface area contributed by atoms with E-state index in [4.69, 9.17) is 10.5 Å². The number of esters is 1. The van der Waals surface area contributed by atoms with Crippen molar-refractivity contribution in [2.75, 3.05) is 0 Å². The molecule has 74 valence electrons. The Morgan fingerprint density at radius 1 is 1.38 bits per heavy atom. The summed E-state index contributed by atoms with van der Waals surface area (Å²) >= 11 is 0. The lowest BCUT2D eigenvalue weighted by molar-refractivity contribution is -0.144. The quantitative estimate of drug-likeness (QED) is 0.524. The van der Waals surface area contributed by atoms with Gasteiger partial charge >= 0.3 is 5.97 Å². The van der Waals surface area contributed by atoms with Gasteiger partial charge in [0.1, 0.15) is 6.10 Å². The van der Waals surface area contributed by atoms with E-state index in [1.54, 1.807) is 6.92 Å². The molecular formula is C10H17NO2. The van der Waals surface area contributed by atoms with Gasteiger partial charge in [0, 0.05) is 11.8 Å². The maximum atomic E-state index is 11.1. The zero-order valence-electron chi connectivity index (χ0n) is 8.08. The van der Waals surface area contributed by atoms with E-state index in [2.05, 4.69) is 0 Å². The molecule has 13 heavy (non-hydrogen) atoms. The number of carbonyl (C=O) groups is 1. The minimum Gasteiger partial charge on any atom is -0.459 e. The van der Waals surface area contributed by atoms with Gasteiger partial charge < -0.3 is 10.5 Å². The summed E-state index contributed by atoms with van der Waals surface area (Å²) in [5.74, 6) is -0.299. The molecule has 0 spiro atoms. The van der Waals surface area contributed by atoms with Gasteiger partial charge in [-0.05, 0) is 32.6 Å². The number of ether oxygens (including phenoxy) is 1. The topological polar surface area (TPSA) is 52.3 Å². The van der Waals surface area contributed by atoms with Crippen molar-refractivity contribution in [3.63, 3.8) is 0 Å². The Hall–Kier alpha value is -0.990. The van der Waals surface area contributed by atoms with Gasteiger partial charge in [-0.1, -0.05) is 6.42 Å². The first-order chi connectivity index (χ1) is 6.18. The third kappa shape index (κ3) is 3.97. The van der Waals surface area contributed by atoms with E-state index < -0.39 is 0 Å². The van der Waals surface area contributed by atoms with E-state index >= 15 is 0 Å². The summed E-state index contributed by atoms with van der Waals surface area (Å²) in [4.78, 5) is 11.1. The van der Waals surface area contributed by atoms with E-state index in [1.807, 2.05) is 0 Å². The van der Waals surface area contributed by atoms with E-state index in [0.29, 0.717) is 5.70 Å². The minimum atomic E-state index is -0.299. The molecule has 1 aliphatic carbocycles. The molecule has 0 unspecified atom stereocenters. The van der Waals surface area contributed by atoms with Crippen LogP contribution in [0.15, 0.2) is 11.8 Å². The summed E-state index contributed by atoms with van der Waals surface area (Å²) in [5.41, 5.74) is 5.86. The summed E-state index contributed by atoms with van der Waals surface area (Å²) in [7, 11) is 0. The van der Waals surface area contributed by atoms with Gasteiger partial charge in [-0.3, -0.25) is 0 Å². The van der Waals surface area contributed by atoms with Crippen LogP contribution < -0.4 is 5.73 Å². The number of hydrogen-bond acceptors (Lipinski definition) is 3. The first-order valence-corrected chi connectivity index (χ1v) is 4.83. The van der Waals surface area contributed by atoms with Gasteiger partial charge in [0.2, 0.25) is 0 Å². The fourth-order valence-corrected chi connectivity index (χ4v) is 1.57. The van der Waals surface area contributed by atoms with Crippen LogP contribution in [0.3, 0.4) is 0 Å². The van der Waals surface area contributed by atoms with Gasteiger partial charge in [-0.15, -0.1) is 0 Å². The SMILES string of the molecule is CC(N)=CC(=O)OC1CCCCC1. The number of rotatable bonds is 2. The van der Waals surface area contributed by atoms with Crippen molar-refractivity contribution < 1.29 is 9.53 Å². The van der Waals surface area contributed by atoms with Crippen LogP contribution in [0.25, 0.3) is 0 Å². The molecule has 2 N–H and O–H groups in total. The second-order valence-corrected chi connectivity index (χ2v) is 3.59. The predicted octanol–water partition coefficient (Wildman–Crippen LogP) is 1.72. The fraction of sp³-hybridized carbons (Fsp3) is 0.700. The van der Waals surface area contributed by atoms with Gasteiger partial charge in [0.05, 0.1) is 0 Å². The second kappa shape index (κ2) is 4.90. The lowest BCUT2D eigenvalue weighted by Gasteiger charge is -2.20. The van der Waals surface area contributed by atoms with Crippen molar-refractivity contribution in [2.45, 2.75) is 45.1 Å². The largest absolute Gasteiger partial charge is 0.459 e. The molecule has 1 fully saturated rings. The molecule has 3 nitrogen and oxygen atoms in total. The molecule has 0 heterocycles. The first-order valence-electron chi connectivity index (χ1n) is 4.83. The lowest BCUT2D eigenvalue weighted by atomic mass is 9.98. The molecule has 0 atom stereocenters. The molecule has 0 aromatic heterocycles. The molecule has 0 bridgehead atoms. The minimum absolute atomic E-state index is 0.122. The van der Waals surface area contributed by atoms with Crippen LogP contribution in [-0.4, -0.2) is 12.1 Å². The van der Waals surface area contributed by atoms with Crippen molar-refractivity contribution in [1.29, 1.82) is 0 Å². The Labute approximate surface area is 78.9 Å². The van der Waals surface area contributed by atoms with Gasteiger partial charge in [-0.2, -0.15) is 0 Å². The molecule has 0 aliphatic heterocycles. The van der Waals surface area contributed by atoms with Gasteiger partial charge in [-0.25, -0.2) is 4.79 Å². The number of allylic oxidation sites excluding steroid dienone is 1. The summed E-state index contributed by atoms with van der Waals surface area (Å²) < 4.78 is 5.21. The van der Waals surface area contributed by atoms with Crippen LogP contribution in [0.1, 0.15) is 39.0 Å². The highest BCUT2D eigenvalue weighted by atomic mass is 16.5. The Morgan fingerprint density at radius 3 is 2.54 bits per heavy atom. The van der Waals surface area contributed by atoms with Gasteiger partial charge in [0.15, 0.2) is 0 Å².